The molecule has 2 heterocycles. The molecule has 0 aliphatic carbocycles. The molecular formula is C21H18ClNO5. The van der Waals surface area contributed by atoms with Gasteiger partial charge in [-0.3, -0.25) is 4.79 Å². The summed E-state index contributed by atoms with van der Waals surface area (Å²) in [7, 11) is 1.61. The predicted octanol–water partition coefficient (Wildman–Crippen LogP) is 4.41. The summed E-state index contributed by atoms with van der Waals surface area (Å²) in [5, 5.41) is 0.648. The molecule has 1 amide bonds. The lowest BCUT2D eigenvalue weighted by atomic mass is 10.2. The van der Waals surface area contributed by atoms with Gasteiger partial charge in [-0.05, 0) is 54.6 Å². The van der Waals surface area contributed by atoms with Gasteiger partial charge in [0.15, 0.2) is 6.61 Å². The van der Waals surface area contributed by atoms with Crippen LogP contribution >= 0.6 is 11.6 Å². The van der Waals surface area contributed by atoms with Crippen LogP contribution in [-0.4, -0.2) is 30.4 Å². The van der Waals surface area contributed by atoms with Gasteiger partial charge in [-0.1, -0.05) is 11.6 Å². The van der Waals surface area contributed by atoms with Crippen LogP contribution in [0.15, 0.2) is 69.7 Å². The minimum atomic E-state index is -0.624. The normalized spacial score (nSPS) is 10.9. The van der Waals surface area contributed by atoms with Crippen LogP contribution in [0.4, 0.5) is 0 Å². The van der Waals surface area contributed by atoms with Crippen molar-refractivity contribution in [2.24, 2.45) is 0 Å². The van der Waals surface area contributed by atoms with Crippen LogP contribution < -0.4 is 0 Å². The summed E-state index contributed by atoms with van der Waals surface area (Å²) >= 11 is 5.89. The molecule has 3 rings (SSSR count). The van der Waals surface area contributed by atoms with E-state index in [9.17, 15) is 9.59 Å². The maximum absolute atomic E-state index is 12.1. The summed E-state index contributed by atoms with van der Waals surface area (Å²) in [5.74, 6) is 0.854. The Morgan fingerprint density at radius 3 is 2.64 bits per heavy atom. The molecular weight excluding hydrogens is 382 g/mol. The highest BCUT2D eigenvalue weighted by molar-refractivity contribution is 6.30. The van der Waals surface area contributed by atoms with Crippen molar-refractivity contribution in [1.29, 1.82) is 0 Å². The standard InChI is InChI=1S/C21H18ClNO5/c1-23(20(24)14-27-21(25)11-9-17-3-2-12-26-17)13-18-8-10-19(28-18)15-4-6-16(22)7-5-15/h2-12H,13-14H2,1H3/b11-9+. The number of nitrogens with zero attached hydrogens (tertiary/aromatic N) is 1. The van der Waals surface area contributed by atoms with E-state index in [1.165, 1.54) is 23.3 Å². The molecule has 0 saturated heterocycles. The third-order valence-electron chi connectivity index (χ3n) is 3.87. The zero-order valence-electron chi connectivity index (χ0n) is 15.1. The molecule has 0 fully saturated rings. The molecule has 0 unspecified atom stereocenters. The highest BCUT2D eigenvalue weighted by Crippen LogP contribution is 2.24. The minimum Gasteiger partial charge on any atom is -0.465 e. The van der Waals surface area contributed by atoms with Gasteiger partial charge >= 0.3 is 5.97 Å². The van der Waals surface area contributed by atoms with Crippen molar-refractivity contribution in [3.8, 4) is 11.3 Å². The Kier molecular flexibility index (Phi) is 6.34. The van der Waals surface area contributed by atoms with Crippen LogP contribution in [0.5, 0.6) is 0 Å². The summed E-state index contributed by atoms with van der Waals surface area (Å²) in [4.78, 5) is 25.2. The topological polar surface area (TPSA) is 72.9 Å². The number of carbonyl (C=O) groups is 2. The van der Waals surface area contributed by atoms with E-state index in [2.05, 4.69) is 0 Å². The quantitative estimate of drug-likeness (QED) is 0.434. The molecule has 0 aliphatic rings. The highest BCUT2D eigenvalue weighted by Gasteiger charge is 2.14. The average Bonchev–Trinajstić information content (AvgIpc) is 3.37. The number of amides is 1. The molecule has 0 radical (unpaired) electrons. The molecule has 7 heteroatoms. The number of benzene rings is 1. The second kappa shape index (κ2) is 9.10. The third-order valence-corrected chi connectivity index (χ3v) is 4.13. The fraction of sp³-hybridized carbons (Fsp3) is 0.143. The van der Waals surface area contributed by atoms with Crippen molar-refractivity contribution in [1.82, 2.24) is 4.90 Å². The Bertz CT molecular complexity index is 957. The molecule has 3 aromatic rings. The number of halogens is 1. The number of hydrogen-bond acceptors (Lipinski definition) is 5. The van der Waals surface area contributed by atoms with Gasteiger partial charge in [-0.15, -0.1) is 0 Å². The van der Waals surface area contributed by atoms with Crippen molar-refractivity contribution in [3.63, 3.8) is 0 Å². The number of rotatable bonds is 7. The number of furan rings is 2. The van der Waals surface area contributed by atoms with Crippen LogP contribution in [0.2, 0.25) is 5.02 Å². The van der Waals surface area contributed by atoms with Crippen molar-refractivity contribution in [2.75, 3.05) is 13.7 Å². The fourth-order valence-electron chi connectivity index (χ4n) is 2.38. The number of hydrogen-bond donors (Lipinski definition) is 0. The van der Waals surface area contributed by atoms with Gasteiger partial charge in [-0.2, -0.15) is 0 Å². The lowest BCUT2D eigenvalue weighted by Gasteiger charge is -2.15. The van der Waals surface area contributed by atoms with Crippen molar-refractivity contribution < 1.29 is 23.2 Å². The van der Waals surface area contributed by atoms with Crippen LogP contribution in [0.1, 0.15) is 11.5 Å². The second-order valence-electron chi connectivity index (χ2n) is 5.98. The molecule has 0 N–H and O–H groups in total. The molecule has 144 valence electrons. The molecule has 6 nitrogen and oxygen atoms in total. The van der Waals surface area contributed by atoms with Gasteiger partial charge in [0, 0.05) is 23.7 Å². The van der Waals surface area contributed by atoms with Gasteiger partial charge in [0.25, 0.3) is 5.91 Å². The molecule has 28 heavy (non-hydrogen) atoms. The first-order valence-corrected chi connectivity index (χ1v) is 8.86. The zero-order valence-corrected chi connectivity index (χ0v) is 15.9. The largest absolute Gasteiger partial charge is 0.465 e. The smallest absolute Gasteiger partial charge is 0.331 e. The van der Waals surface area contributed by atoms with Gasteiger partial charge in [0.05, 0.1) is 12.8 Å². The monoisotopic (exact) mass is 399 g/mol. The van der Waals surface area contributed by atoms with Crippen molar-refractivity contribution in [3.05, 3.63) is 77.4 Å². The van der Waals surface area contributed by atoms with Gasteiger partial charge < -0.3 is 18.5 Å². The van der Waals surface area contributed by atoms with Crippen LogP contribution in [0.25, 0.3) is 17.4 Å². The summed E-state index contributed by atoms with van der Waals surface area (Å²) < 4.78 is 15.8. The highest BCUT2D eigenvalue weighted by atomic mass is 35.5. The molecule has 0 aliphatic heterocycles. The number of carbonyl (C=O) groups excluding carboxylic acids is 2. The molecule has 0 spiro atoms. The number of likely N-dealkylation sites (N-methyl/N-ethyl adjacent to an activating group) is 1. The number of esters is 1. The lowest BCUT2D eigenvalue weighted by Crippen LogP contribution is -2.30. The van der Waals surface area contributed by atoms with Crippen LogP contribution in [0, 0.1) is 0 Å². The van der Waals surface area contributed by atoms with Crippen LogP contribution in [-0.2, 0) is 20.9 Å². The zero-order chi connectivity index (χ0) is 19.9. The molecule has 0 saturated carbocycles. The summed E-state index contributed by atoms with van der Waals surface area (Å²) in [5.41, 5.74) is 0.891. The number of ether oxygens (including phenoxy) is 1. The van der Waals surface area contributed by atoms with E-state index in [-0.39, 0.29) is 19.1 Å². The van der Waals surface area contributed by atoms with E-state index in [4.69, 9.17) is 25.2 Å². The Labute approximate surface area is 166 Å². The predicted molar refractivity (Wildman–Crippen MR) is 104 cm³/mol. The minimum absolute atomic E-state index is 0.256. The molecule has 0 bridgehead atoms. The maximum atomic E-state index is 12.1. The van der Waals surface area contributed by atoms with Crippen molar-refractivity contribution >= 4 is 29.6 Å². The Morgan fingerprint density at radius 2 is 1.93 bits per heavy atom. The summed E-state index contributed by atoms with van der Waals surface area (Å²) in [6.07, 6.45) is 4.17. The van der Waals surface area contributed by atoms with E-state index in [1.807, 2.05) is 18.2 Å². The first-order chi connectivity index (χ1) is 13.5. The van der Waals surface area contributed by atoms with E-state index < -0.39 is 5.97 Å². The Hall–Kier alpha value is -3.25. The Morgan fingerprint density at radius 1 is 1.14 bits per heavy atom. The lowest BCUT2D eigenvalue weighted by molar-refractivity contribution is -0.147. The fourth-order valence-corrected chi connectivity index (χ4v) is 2.51. The molecule has 2 aromatic heterocycles. The maximum Gasteiger partial charge on any atom is 0.331 e. The summed E-state index contributed by atoms with van der Waals surface area (Å²) in [6.45, 7) is -0.102. The van der Waals surface area contributed by atoms with Gasteiger partial charge in [0.1, 0.15) is 17.3 Å². The first kappa shape index (κ1) is 19.5. The molecule has 1 aromatic carbocycles. The molecule has 0 atom stereocenters. The second-order valence-corrected chi connectivity index (χ2v) is 6.42. The Balaban J connectivity index is 1.49. The average molecular weight is 400 g/mol. The summed E-state index contributed by atoms with van der Waals surface area (Å²) in [6, 6.07) is 14.3. The first-order valence-electron chi connectivity index (χ1n) is 8.48. The van der Waals surface area contributed by atoms with Crippen LogP contribution in [0.3, 0.4) is 0 Å². The van der Waals surface area contributed by atoms with E-state index in [0.717, 1.165) is 5.56 Å². The van der Waals surface area contributed by atoms with E-state index >= 15 is 0 Å². The van der Waals surface area contributed by atoms with E-state index in [1.54, 1.807) is 37.4 Å². The SMILES string of the molecule is CN(Cc1ccc(-c2ccc(Cl)cc2)o1)C(=O)COC(=O)/C=C/c1ccco1. The van der Waals surface area contributed by atoms with Gasteiger partial charge in [-0.25, -0.2) is 4.79 Å². The van der Waals surface area contributed by atoms with E-state index in [0.29, 0.717) is 22.3 Å². The van der Waals surface area contributed by atoms with Gasteiger partial charge in [0.2, 0.25) is 0 Å². The van der Waals surface area contributed by atoms with Crippen molar-refractivity contribution in [2.45, 2.75) is 6.54 Å². The third kappa shape index (κ3) is 5.37.